The van der Waals surface area contributed by atoms with Gasteiger partial charge in [-0.05, 0) is 39.3 Å². The molecule has 1 saturated heterocycles. The molecular weight excluding hydrogens is 218 g/mol. The van der Waals surface area contributed by atoms with Crippen molar-refractivity contribution in [3.63, 3.8) is 0 Å². The van der Waals surface area contributed by atoms with Crippen molar-refractivity contribution in [1.82, 2.24) is 4.90 Å². The van der Waals surface area contributed by atoms with Gasteiger partial charge in [-0.15, -0.1) is 0 Å². The van der Waals surface area contributed by atoms with Crippen molar-refractivity contribution in [1.29, 1.82) is 0 Å². The van der Waals surface area contributed by atoms with Gasteiger partial charge in [-0.2, -0.15) is 0 Å². The van der Waals surface area contributed by atoms with Crippen LogP contribution in [0.3, 0.4) is 0 Å². The monoisotopic (exact) mass is 243 g/mol. The van der Waals surface area contributed by atoms with E-state index in [1.807, 2.05) is 0 Å². The molecule has 0 saturated carbocycles. The zero-order valence-electron chi connectivity index (χ0n) is 11.1. The van der Waals surface area contributed by atoms with Crippen LogP contribution >= 0.6 is 0 Å². The number of carboxylic acids is 1. The highest BCUT2D eigenvalue weighted by Gasteiger charge is 2.33. The second-order valence-corrected chi connectivity index (χ2v) is 5.21. The van der Waals surface area contributed by atoms with Gasteiger partial charge in [-0.1, -0.05) is 12.8 Å². The van der Waals surface area contributed by atoms with Gasteiger partial charge in [0.05, 0.1) is 6.42 Å². The summed E-state index contributed by atoms with van der Waals surface area (Å²) in [6, 6.07) is 0. The van der Waals surface area contributed by atoms with E-state index < -0.39 is 5.97 Å². The van der Waals surface area contributed by atoms with Crippen LogP contribution in [0.2, 0.25) is 0 Å². The fourth-order valence-electron chi connectivity index (χ4n) is 2.62. The molecule has 1 rings (SSSR count). The number of carbonyl (C=O) groups is 1. The largest absolute Gasteiger partial charge is 0.481 e. The van der Waals surface area contributed by atoms with E-state index in [1.165, 1.54) is 25.7 Å². The number of hydrogen-bond acceptors (Lipinski definition) is 3. The predicted octanol–water partition coefficient (Wildman–Crippen LogP) is 2.13. The summed E-state index contributed by atoms with van der Waals surface area (Å²) in [5.74, 6) is -0.715. The van der Waals surface area contributed by atoms with Gasteiger partial charge in [0.1, 0.15) is 0 Å². The molecule has 1 N–H and O–H groups in total. The van der Waals surface area contributed by atoms with Crippen LogP contribution in [0.4, 0.5) is 0 Å². The number of ether oxygens (including phenoxy) is 1. The second-order valence-electron chi connectivity index (χ2n) is 5.21. The highest BCUT2D eigenvalue weighted by molar-refractivity contribution is 5.68. The van der Waals surface area contributed by atoms with Gasteiger partial charge >= 0.3 is 5.97 Å². The van der Waals surface area contributed by atoms with Crippen molar-refractivity contribution in [3.05, 3.63) is 0 Å². The molecule has 1 heterocycles. The minimum Gasteiger partial charge on any atom is -0.481 e. The lowest BCUT2D eigenvalue weighted by atomic mass is 9.91. The molecule has 1 fully saturated rings. The number of carboxylic acid groups (broad SMARTS) is 1. The Kier molecular flexibility index (Phi) is 5.92. The molecule has 4 heteroatoms. The number of rotatable bonds is 6. The Morgan fingerprint density at radius 1 is 1.29 bits per heavy atom. The van der Waals surface area contributed by atoms with Crippen LogP contribution in [-0.2, 0) is 9.53 Å². The highest BCUT2D eigenvalue weighted by atomic mass is 16.5. The number of methoxy groups -OCH3 is 1. The van der Waals surface area contributed by atoms with E-state index >= 15 is 0 Å². The third kappa shape index (κ3) is 4.64. The van der Waals surface area contributed by atoms with Gasteiger partial charge in [0.2, 0.25) is 0 Å². The summed E-state index contributed by atoms with van der Waals surface area (Å²) in [7, 11) is 1.67. The summed E-state index contributed by atoms with van der Waals surface area (Å²) in [5, 5.41) is 9.08. The third-order valence-corrected chi connectivity index (χ3v) is 3.75. The molecule has 0 spiro atoms. The molecule has 0 aromatic heterocycles. The Hall–Kier alpha value is -0.610. The summed E-state index contributed by atoms with van der Waals surface area (Å²) in [6.45, 7) is 4.73. The minimum atomic E-state index is -0.715. The normalized spacial score (nSPS) is 21.8. The Bertz CT molecular complexity index is 237. The maximum atomic E-state index is 11.0. The van der Waals surface area contributed by atoms with Gasteiger partial charge < -0.3 is 9.84 Å². The summed E-state index contributed by atoms with van der Waals surface area (Å²) in [6.07, 6.45) is 5.89. The molecule has 4 nitrogen and oxygen atoms in total. The van der Waals surface area contributed by atoms with Gasteiger partial charge in [0.25, 0.3) is 0 Å². The molecular formula is C13H25NO3. The fourth-order valence-corrected chi connectivity index (χ4v) is 2.62. The molecule has 0 bridgehead atoms. The molecule has 1 atom stereocenters. The highest BCUT2D eigenvalue weighted by Crippen LogP contribution is 2.27. The van der Waals surface area contributed by atoms with E-state index in [0.717, 1.165) is 19.5 Å². The number of aliphatic carboxylic acids is 1. The van der Waals surface area contributed by atoms with E-state index in [-0.39, 0.29) is 12.0 Å². The van der Waals surface area contributed by atoms with Crippen LogP contribution in [0.25, 0.3) is 0 Å². The van der Waals surface area contributed by atoms with Gasteiger partial charge in [0.15, 0.2) is 0 Å². The standard InChI is InChI=1S/C13H25NO3/c1-13(7-10-17-2,11-12(15)16)14-8-5-3-4-6-9-14/h3-11H2,1-2H3,(H,15,16). The van der Waals surface area contributed by atoms with Crippen LogP contribution in [0, 0.1) is 0 Å². The van der Waals surface area contributed by atoms with E-state index in [9.17, 15) is 4.79 Å². The van der Waals surface area contributed by atoms with Crippen LogP contribution < -0.4 is 0 Å². The molecule has 0 aliphatic carbocycles. The zero-order chi connectivity index (χ0) is 12.7. The summed E-state index contributed by atoms with van der Waals surface area (Å²) in [5.41, 5.74) is -0.258. The average molecular weight is 243 g/mol. The lowest BCUT2D eigenvalue weighted by Crippen LogP contribution is -2.49. The molecule has 0 aromatic rings. The molecule has 17 heavy (non-hydrogen) atoms. The molecule has 1 unspecified atom stereocenters. The molecule has 0 amide bonds. The van der Waals surface area contributed by atoms with Gasteiger partial charge in [-0.3, -0.25) is 9.69 Å². The molecule has 1 aliphatic rings. The lowest BCUT2D eigenvalue weighted by Gasteiger charge is -2.40. The molecule has 0 aromatic carbocycles. The van der Waals surface area contributed by atoms with E-state index in [0.29, 0.717) is 6.61 Å². The number of hydrogen-bond donors (Lipinski definition) is 1. The van der Waals surface area contributed by atoms with Crippen LogP contribution in [-0.4, -0.2) is 48.3 Å². The first-order valence-corrected chi connectivity index (χ1v) is 6.54. The second kappa shape index (κ2) is 6.97. The molecule has 1 aliphatic heterocycles. The van der Waals surface area contributed by atoms with Crippen LogP contribution in [0.1, 0.15) is 45.4 Å². The third-order valence-electron chi connectivity index (χ3n) is 3.75. The van der Waals surface area contributed by atoms with Crippen molar-refractivity contribution in [3.8, 4) is 0 Å². The maximum absolute atomic E-state index is 11.0. The number of likely N-dealkylation sites (tertiary alicyclic amines) is 1. The summed E-state index contributed by atoms with van der Waals surface area (Å²) >= 11 is 0. The number of nitrogens with zero attached hydrogens (tertiary/aromatic N) is 1. The quantitative estimate of drug-likeness (QED) is 0.776. The van der Waals surface area contributed by atoms with Crippen molar-refractivity contribution >= 4 is 5.97 Å². The maximum Gasteiger partial charge on any atom is 0.305 e. The van der Waals surface area contributed by atoms with Gasteiger partial charge in [-0.25, -0.2) is 0 Å². The smallest absolute Gasteiger partial charge is 0.305 e. The molecule has 0 radical (unpaired) electrons. The van der Waals surface area contributed by atoms with Crippen LogP contribution in [0.5, 0.6) is 0 Å². The molecule has 100 valence electrons. The average Bonchev–Trinajstić information content (AvgIpc) is 2.54. The lowest BCUT2D eigenvalue weighted by molar-refractivity contribution is -0.140. The van der Waals surface area contributed by atoms with E-state index in [1.54, 1.807) is 7.11 Å². The first-order chi connectivity index (χ1) is 8.08. The van der Waals surface area contributed by atoms with Crippen molar-refractivity contribution in [2.45, 2.75) is 51.0 Å². The Morgan fingerprint density at radius 3 is 2.35 bits per heavy atom. The van der Waals surface area contributed by atoms with E-state index in [2.05, 4.69) is 11.8 Å². The minimum absolute atomic E-state index is 0.205. The van der Waals surface area contributed by atoms with E-state index in [4.69, 9.17) is 9.84 Å². The fraction of sp³-hybridized carbons (Fsp3) is 0.923. The van der Waals surface area contributed by atoms with Crippen molar-refractivity contribution in [2.75, 3.05) is 26.8 Å². The predicted molar refractivity (Wildman–Crippen MR) is 67.2 cm³/mol. The first-order valence-electron chi connectivity index (χ1n) is 6.54. The zero-order valence-corrected chi connectivity index (χ0v) is 11.1. The van der Waals surface area contributed by atoms with Gasteiger partial charge in [0, 0.05) is 19.3 Å². The van der Waals surface area contributed by atoms with Crippen LogP contribution in [0.15, 0.2) is 0 Å². The summed E-state index contributed by atoms with van der Waals surface area (Å²) < 4.78 is 5.12. The van der Waals surface area contributed by atoms with Crippen molar-refractivity contribution in [2.24, 2.45) is 0 Å². The summed E-state index contributed by atoms with van der Waals surface area (Å²) in [4.78, 5) is 13.4. The Morgan fingerprint density at radius 2 is 1.88 bits per heavy atom. The topological polar surface area (TPSA) is 49.8 Å². The van der Waals surface area contributed by atoms with Crippen molar-refractivity contribution < 1.29 is 14.6 Å². The Labute approximate surface area is 104 Å². The Balaban J connectivity index is 2.67. The SMILES string of the molecule is COCCC(C)(CC(=O)O)N1CCCCCC1. The first kappa shape index (κ1) is 14.5.